The Morgan fingerprint density at radius 3 is 2.42 bits per heavy atom. The monoisotopic (exact) mass is 384 g/mol. The van der Waals surface area contributed by atoms with Crippen LogP contribution < -0.4 is 10.5 Å². The van der Waals surface area contributed by atoms with Gasteiger partial charge >= 0.3 is 5.97 Å². The van der Waals surface area contributed by atoms with Crippen LogP contribution >= 0.6 is 0 Å². The van der Waals surface area contributed by atoms with Gasteiger partial charge in [-0.05, 0) is 36.8 Å². The van der Waals surface area contributed by atoms with Crippen LogP contribution in [0.2, 0.25) is 0 Å². The average molecular weight is 384 g/mol. The first-order chi connectivity index (χ1) is 12.1. The summed E-state index contributed by atoms with van der Waals surface area (Å²) in [7, 11) is -4.01. The molecule has 0 aliphatic carbocycles. The summed E-state index contributed by atoms with van der Waals surface area (Å²) in [5.74, 6) is -3.94. The predicted molar refractivity (Wildman–Crippen MR) is 87.8 cm³/mol. The van der Waals surface area contributed by atoms with E-state index in [1.54, 1.807) is 6.92 Å². The van der Waals surface area contributed by atoms with Crippen LogP contribution in [0, 0.1) is 18.6 Å². The van der Waals surface area contributed by atoms with Gasteiger partial charge in [-0.2, -0.15) is 0 Å². The molecule has 2 aromatic rings. The minimum absolute atomic E-state index is 0.0163. The molecule has 3 N–H and O–H groups in total. The smallest absolute Gasteiger partial charge is 0.338 e. The summed E-state index contributed by atoms with van der Waals surface area (Å²) >= 11 is 0. The molecule has 2 rings (SSSR count). The highest BCUT2D eigenvalue weighted by Crippen LogP contribution is 2.16. The Morgan fingerprint density at radius 2 is 1.81 bits per heavy atom. The van der Waals surface area contributed by atoms with E-state index in [0.29, 0.717) is 5.56 Å². The van der Waals surface area contributed by atoms with Gasteiger partial charge in [-0.3, -0.25) is 4.79 Å². The number of carbonyl (C=O) groups is 2. The zero-order chi connectivity index (χ0) is 19.5. The van der Waals surface area contributed by atoms with Crippen molar-refractivity contribution in [2.75, 3.05) is 11.9 Å². The number of nitrogens with two attached hydrogens (primary N) is 1. The van der Waals surface area contributed by atoms with Crippen molar-refractivity contribution in [1.29, 1.82) is 0 Å². The topological polar surface area (TPSA) is 116 Å². The number of rotatable bonds is 5. The number of aryl methyl sites for hydroxylation is 1. The minimum atomic E-state index is -4.01. The molecule has 0 heterocycles. The first kappa shape index (κ1) is 19.5. The molecule has 0 unspecified atom stereocenters. The molecule has 7 nitrogen and oxygen atoms in total. The lowest BCUT2D eigenvalue weighted by atomic mass is 10.1. The number of hydrogen-bond donors (Lipinski definition) is 2. The Labute approximate surface area is 147 Å². The third kappa shape index (κ3) is 4.83. The average Bonchev–Trinajstić information content (AvgIpc) is 2.55. The number of primary sulfonamides is 1. The van der Waals surface area contributed by atoms with E-state index in [4.69, 9.17) is 9.88 Å². The van der Waals surface area contributed by atoms with Crippen molar-refractivity contribution in [1.82, 2.24) is 0 Å². The number of sulfonamides is 1. The molecule has 2 aromatic carbocycles. The van der Waals surface area contributed by atoms with E-state index in [0.717, 1.165) is 24.3 Å². The number of nitrogens with one attached hydrogen (secondary N) is 1. The Hall–Kier alpha value is -2.85. The maximum Gasteiger partial charge on any atom is 0.338 e. The van der Waals surface area contributed by atoms with Gasteiger partial charge in [0.1, 0.15) is 0 Å². The SMILES string of the molecule is Cc1ccc(S(N)(=O)=O)cc1C(=O)OCC(=O)Nc1ccc(F)c(F)c1. The standard InChI is InChI=1S/C16H14F2N2O5S/c1-9-2-4-11(26(19,23)24)7-12(9)16(22)25-8-15(21)20-10-3-5-13(17)14(18)6-10/h2-7H,8H2,1H3,(H,20,21)(H2,19,23,24). The van der Waals surface area contributed by atoms with Crippen molar-refractivity contribution >= 4 is 27.6 Å². The molecule has 138 valence electrons. The Morgan fingerprint density at radius 1 is 1.12 bits per heavy atom. The van der Waals surface area contributed by atoms with Gasteiger partial charge < -0.3 is 10.1 Å². The van der Waals surface area contributed by atoms with Gasteiger partial charge in [-0.25, -0.2) is 27.1 Å². The van der Waals surface area contributed by atoms with Crippen molar-refractivity contribution in [2.45, 2.75) is 11.8 Å². The number of hydrogen-bond acceptors (Lipinski definition) is 5. The highest BCUT2D eigenvalue weighted by Gasteiger charge is 2.17. The van der Waals surface area contributed by atoms with E-state index >= 15 is 0 Å². The number of amides is 1. The quantitative estimate of drug-likeness (QED) is 0.762. The van der Waals surface area contributed by atoms with E-state index < -0.39 is 40.1 Å². The molecule has 26 heavy (non-hydrogen) atoms. The van der Waals surface area contributed by atoms with E-state index in [1.165, 1.54) is 12.1 Å². The third-order valence-electron chi connectivity index (χ3n) is 3.30. The highest BCUT2D eigenvalue weighted by molar-refractivity contribution is 7.89. The number of carbonyl (C=O) groups excluding carboxylic acids is 2. The molecule has 10 heteroatoms. The van der Waals surface area contributed by atoms with Crippen molar-refractivity contribution in [2.24, 2.45) is 5.14 Å². The second-order valence-corrected chi connectivity index (χ2v) is 6.84. The summed E-state index contributed by atoms with van der Waals surface area (Å²) in [6, 6.07) is 6.39. The number of benzene rings is 2. The molecule has 0 spiro atoms. The molecule has 0 bridgehead atoms. The maximum absolute atomic E-state index is 13.1. The second-order valence-electron chi connectivity index (χ2n) is 5.27. The van der Waals surface area contributed by atoms with E-state index in [-0.39, 0.29) is 16.1 Å². The zero-order valence-electron chi connectivity index (χ0n) is 13.5. The Bertz CT molecular complexity index is 977. The van der Waals surface area contributed by atoms with E-state index in [1.807, 2.05) is 0 Å². The lowest BCUT2D eigenvalue weighted by Gasteiger charge is -2.09. The Balaban J connectivity index is 2.04. The van der Waals surface area contributed by atoms with Crippen LogP contribution in [0.4, 0.5) is 14.5 Å². The molecule has 0 atom stereocenters. The largest absolute Gasteiger partial charge is 0.452 e. The first-order valence-electron chi connectivity index (χ1n) is 7.13. The number of esters is 1. The van der Waals surface area contributed by atoms with Crippen LogP contribution in [-0.2, 0) is 19.6 Å². The summed E-state index contributed by atoms with van der Waals surface area (Å²) < 4.78 is 53.4. The minimum Gasteiger partial charge on any atom is -0.452 e. The molecule has 0 aliphatic rings. The number of halogens is 2. The van der Waals surface area contributed by atoms with Gasteiger partial charge in [0.15, 0.2) is 18.2 Å². The van der Waals surface area contributed by atoms with Crippen LogP contribution in [-0.4, -0.2) is 26.9 Å². The van der Waals surface area contributed by atoms with Crippen molar-refractivity contribution in [3.63, 3.8) is 0 Å². The third-order valence-corrected chi connectivity index (χ3v) is 4.21. The molecule has 0 fully saturated rings. The maximum atomic E-state index is 13.1. The van der Waals surface area contributed by atoms with Gasteiger partial charge in [-0.15, -0.1) is 0 Å². The molecular weight excluding hydrogens is 370 g/mol. The predicted octanol–water partition coefficient (Wildman–Crippen LogP) is 1.72. The normalized spacial score (nSPS) is 11.1. The highest BCUT2D eigenvalue weighted by atomic mass is 32.2. The molecule has 0 saturated carbocycles. The fraction of sp³-hybridized carbons (Fsp3) is 0.125. The zero-order valence-corrected chi connectivity index (χ0v) is 14.3. The fourth-order valence-electron chi connectivity index (χ4n) is 1.98. The molecular formula is C16H14F2N2O5S. The Kier molecular flexibility index (Phi) is 5.68. The molecule has 1 amide bonds. The van der Waals surface area contributed by atoms with Gasteiger partial charge in [0, 0.05) is 11.8 Å². The van der Waals surface area contributed by atoms with Crippen LogP contribution in [0.5, 0.6) is 0 Å². The molecule has 0 radical (unpaired) electrons. The lowest BCUT2D eigenvalue weighted by molar-refractivity contribution is -0.119. The van der Waals surface area contributed by atoms with Crippen LogP contribution in [0.3, 0.4) is 0 Å². The van der Waals surface area contributed by atoms with E-state index in [9.17, 15) is 26.8 Å². The molecule has 0 aromatic heterocycles. The van der Waals surface area contributed by atoms with E-state index in [2.05, 4.69) is 5.32 Å². The van der Waals surface area contributed by atoms with Crippen molar-refractivity contribution < 1.29 is 31.5 Å². The van der Waals surface area contributed by atoms with Crippen molar-refractivity contribution in [3.05, 3.63) is 59.2 Å². The number of ether oxygens (including phenoxy) is 1. The van der Waals surface area contributed by atoms with Crippen LogP contribution in [0.25, 0.3) is 0 Å². The lowest BCUT2D eigenvalue weighted by Crippen LogP contribution is -2.21. The summed E-state index contributed by atoms with van der Waals surface area (Å²) in [4.78, 5) is 23.5. The first-order valence-corrected chi connectivity index (χ1v) is 8.68. The van der Waals surface area contributed by atoms with Crippen molar-refractivity contribution in [3.8, 4) is 0 Å². The van der Waals surface area contributed by atoms with Gasteiger partial charge in [0.25, 0.3) is 5.91 Å². The van der Waals surface area contributed by atoms with Crippen LogP contribution in [0.1, 0.15) is 15.9 Å². The van der Waals surface area contributed by atoms with Gasteiger partial charge in [0.2, 0.25) is 10.0 Å². The fourth-order valence-corrected chi connectivity index (χ4v) is 2.52. The molecule has 0 aliphatic heterocycles. The summed E-state index contributed by atoms with van der Waals surface area (Å²) in [6.07, 6.45) is 0. The van der Waals surface area contributed by atoms with Gasteiger partial charge in [0.05, 0.1) is 10.5 Å². The number of anilines is 1. The second kappa shape index (κ2) is 7.58. The van der Waals surface area contributed by atoms with Crippen LogP contribution in [0.15, 0.2) is 41.3 Å². The summed E-state index contributed by atoms with van der Waals surface area (Å²) in [5, 5.41) is 7.23. The summed E-state index contributed by atoms with van der Waals surface area (Å²) in [6.45, 7) is 0.835. The molecule has 0 saturated heterocycles. The van der Waals surface area contributed by atoms with Gasteiger partial charge in [-0.1, -0.05) is 6.07 Å². The summed E-state index contributed by atoms with van der Waals surface area (Å²) in [5.41, 5.74) is 0.331.